The highest BCUT2D eigenvalue weighted by Gasteiger charge is 2.22. The Morgan fingerprint density at radius 1 is 1.24 bits per heavy atom. The summed E-state index contributed by atoms with van der Waals surface area (Å²) in [6, 6.07) is 9.71. The molecule has 2 nitrogen and oxygen atoms in total. The summed E-state index contributed by atoms with van der Waals surface area (Å²) >= 11 is 7.34. The molecule has 86 valence electrons. The zero-order valence-corrected chi connectivity index (χ0v) is 10.5. The third-order valence-electron chi connectivity index (χ3n) is 2.73. The van der Waals surface area contributed by atoms with Crippen LogP contribution in [0.15, 0.2) is 30.3 Å². The number of thiophene rings is 1. The number of rotatable bonds is 1. The van der Waals surface area contributed by atoms with Gasteiger partial charge >= 0.3 is 5.97 Å². The first-order valence-electron chi connectivity index (χ1n) is 5.30. The Labute approximate surface area is 108 Å². The van der Waals surface area contributed by atoms with Crippen LogP contribution in [0.3, 0.4) is 0 Å². The van der Waals surface area contributed by atoms with Crippen molar-refractivity contribution in [2.24, 2.45) is 0 Å². The van der Waals surface area contributed by atoms with E-state index in [2.05, 4.69) is 6.07 Å². The van der Waals surface area contributed by atoms with Crippen molar-refractivity contribution in [2.45, 2.75) is 6.42 Å². The van der Waals surface area contributed by atoms with Crippen molar-refractivity contribution in [1.82, 2.24) is 0 Å². The number of hydrogen-bond donors (Lipinski definition) is 0. The van der Waals surface area contributed by atoms with Gasteiger partial charge in [-0.3, -0.25) is 0 Å². The van der Waals surface area contributed by atoms with Crippen LogP contribution in [0, 0.1) is 0 Å². The number of fused-ring (bicyclic) bond motifs is 1. The van der Waals surface area contributed by atoms with Gasteiger partial charge in [-0.2, -0.15) is 0 Å². The molecule has 1 aromatic heterocycles. The minimum atomic E-state index is -0.198. The van der Waals surface area contributed by atoms with E-state index in [4.69, 9.17) is 16.3 Å². The third kappa shape index (κ3) is 1.96. The standard InChI is InChI=1S/C13H9ClO2S/c14-10-3-1-8(2-4-10)11-7-9-5-6-16-13(15)12(9)17-11/h1-4,7H,5-6H2. The lowest BCUT2D eigenvalue weighted by Crippen LogP contribution is -2.14. The molecule has 2 aromatic rings. The van der Waals surface area contributed by atoms with Gasteiger partial charge in [-0.1, -0.05) is 23.7 Å². The predicted molar refractivity (Wildman–Crippen MR) is 68.8 cm³/mol. The number of ether oxygens (including phenoxy) is 1. The van der Waals surface area contributed by atoms with Crippen LogP contribution in [0.4, 0.5) is 0 Å². The molecule has 1 aromatic carbocycles. The molecule has 0 N–H and O–H groups in total. The maximum absolute atomic E-state index is 11.6. The Kier molecular flexibility index (Phi) is 2.65. The van der Waals surface area contributed by atoms with E-state index < -0.39 is 0 Å². The normalized spacial score (nSPS) is 14.3. The molecule has 0 saturated carbocycles. The van der Waals surface area contributed by atoms with Gasteiger partial charge in [0.25, 0.3) is 0 Å². The summed E-state index contributed by atoms with van der Waals surface area (Å²) in [5.41, 5.74) is 2.18. The van der Waals surface area contributed by atoms with Gasteiger partial charge in [0.2, 0.25) is 0 Å². The number of benzene rings is 1. The molecule has 0 fully saturated rings. The van der Waals surface area contributed by atoms with E-state index in [9.17, 15) is 4.79 Å². The second-order valence-electron chi connectivity index (χ2n) is 3.86. The summed E-state index contributed by atoms with van der Waals surface area (Å²) < 4.78 is 5.02. The summed E-state index contributed by atoms with van der Waals surface area (Å²) in [4.78, 5) is 13.4. The first-order chi connectivity index (χ1) is 8.24. The third-order valence-corrected chi connectivity index (χ3v) is 4.19. The average molecular weight is 265 g/mol. The molecular weight excluding hydrogens is 256 g/mol. The number of esters is 1. The van der Waals surface area contributed by atoms with Gasteiger partial charge in [0, 0.05) is 16.3 Å². The zero-order chi connectivity index (χ0) is 11.8. The van der Waals surface area contributed by atoms with E-state index in [-0.39, 0.29) is 5.97 Å². The molecule has 0 bridgehead atoms. The van der Waals surface area contributed by atoms with Crippen molar-refractivity contribution in [1.29, 1.82) is 0 Å². The fourth-order valence-electron chi connectivity index (χ4n) is 1.86. The van der Waals surface area contributed by atoms with Crippen molar-refractivity contribution in [3.63, 3.8) is 0 Å². The van der Waals surface area contributed by atoms with Crippen LogP contribution in [-0.2, 0) is 11.2 Å². The highest BCUT2D eigenvalue weighted by Crippen LogP contribution is 2.34. The molecule has 4 heteroatoms. The molecule has 3 rings (SSSR count). The molecular formula is C13H9ClO2S. The van der Waals surface area contributed by atoms with Crippen LogP contribution in [0.1, 0.15) is 15.2 Å². The minimum Gasteiger partial charge on any atom is -0.461 e. The molecule has 2 heterocycles. The Hall–Kier alpha value is -1.32. The van der Waals surface area contributed by atoms with E-state index in [0.29, 0.717) is 6.61 Å². The van der Waals surface area contributed by atoms with Crippen molar-refractivity contribution in [3.8, 4) is 10.4 Å². The predicted octanol–water partition coefficient (Wildman–Crippen LogP) is 3.78. The van der Waals surface area contributed by atoms with Gasteiger partial charge < -0.3 is 4.74 Å². The van der Waals surface area contributed by atoms with Gasteiger partial charge in [0.1, 0.15) is 4.88 Å². The fourth-order valence-corrected chi connectivity index (χ4v) is 3.10. The van der Waals surface area contributed by atoms with Gasteiger partial charge in [-0.25, -0.2) is 4.79 Å². The minimum absolute atomic E-state index is 0.198. The molecule has 0 amide bonds. The fraction of sp³-hybridized carbons (Fsp3) is 0.154. The number of halogens is 1. The van der Waals surface area contributed by atoms with E-state index in [1.54, 1.807) is 0 Å². The second-order valence-corrected chi connectivity index (χ2v) is 5.35. The summed E-state index contributed by atoms with van der Waals surface area (Å²) in [6.07, 6.45) is 0.811. The molecule has 1 aliphatic rings. The Morgan fingerprint density at radius 3 is 2.71 bits per heavy atom. The summed E-state index contributed by atoms with van der Waals surface area (Å²) in [6.45, 7) is 0.489. The lowest BCUT2D eigenvalue weighted by Gasteiger charge is -2.09. The van der Waals surface area contributed by atoms with Crippen LogP contribution >= 0.6 is 22.9 Å². The van der Waals surface area contributed by atoms with Gasteiger partial charge in [0.15, 0.2) is 0 Å². The van der Waals surface area contributed by atoms with Crippen molar-refractivity contribution in [3.05, 3.63) is 45.8 Å². The van der Waals surface area contributed by atoms with Crippen LogP contribution in [0.25, 0.3) is 10.4 Å². The van der Waals surface area contributed by atoms with Crippen molar-refractivity contribution in [2.75, 3.05) is 6.61 Å². The smallest absolute Gasteiger partial charge is 0.348 e. The average Bonchev–Trinajstić information content (AvgIpc) is 2.75. The lowest BCUT2D eigenvalue weighted by molar-refractivity contribution is 0.0488. The van der Waals surface area contributed by atoms with Crippen molar-refractivity contribution < 1.29 is 9.53 Å². The molecule has 0 radical (unpaired) electrons. The van der Waals surface area contributed by atoms with Crippen LogP contribution in [-0.4, -0.2) is 12.6 Å². The van der Waals surface area contributed by atoms with Crippen LogP contribution in [0.5, 0.6) is 0 Å². The molecule has 0 atom stereocenters. The second kappa shape index (κ2) is 4.17. The number of carbonyl (C=O) groups excluding carboxylic acids is 1. The van der Waals surface area contributed by atoms with Gasteiger partial charge in [0.05, 0.1) is 6.61 Å². The molecule has 0 spiro atoms. The van der Waals surface area contributed by atoms with Crippen molar-refractivity contribution >= 4 is 28.9 Å². The first kappa shape index (κ1) is 10.8. The highest BCUT2D eigenvalue weighted by molar-refractivity contribution is 7.17. The largest absolute Gasteiger partial charge is 0.461 e. The Morgan fingerprint density at radius 2 is 2.00 bits per heavy atom. The highest BCUT2D eigenvalue weighted by atomic mass is 35.5. The number of cyclic esters (lactones) is 1. The molecule has 0 saturated heterocycles. The van der Waals surface area contributed by atoms with Gasteiger partial charge in [-0.15, -0.1) is 11.3 Å². The molecule has 0 aliphatic carbocycles. The lowest BCUT2D eigenvalue weighted by atomic mass is 10.1. The number of hydrogen-bond acceptors (Lipinski definition) is 3. The Bertz CT molecular complexity index is 572. The summed E-state index contributed by atoms with van der Waals surface area (Å²) in [5.74, 6) is -0.198. The van der Waals surface area contributed by atoms with Crippen LogP contribution < -0.4 is 0 Å². The Balaban J connectivity index is 2.05. The summed E-state index contributed by atoms with van der Waals surface area (Å²) in [7, 11) is 0. The maximum atomic E-state index is 11.6. The summed E-state index contributed by atoms with van der Waals surface area (Å²) in [5, 5.41) is 0.717. The van der Waals surface area contributed by atoms with E-state index in [1.165, 1.54) is 11.3 Å². The quantitative estimate of drug-likeness (QED) is 0.733. The maximum Gasteiger partial charge on any atom is 0.348 e. The SMILES string of the molecule is O=C1OCCc2cc(-c3ccc(Cl)cc3)sc21. The number of carbonyl (C=O) groups is 1. The van der Waals surface area contributed by atoms with E-state index in [1.807, 2.05) is 24.3 Å². The molecule has 17 heavy (non-hydrogen) atoms. The van der Waals surface area contributed by atoms with E-state index in [0.717, 1.165) is 32.3 Å². The topological polar surface area (TPSA) is 26.3 Å². The molecule has 1 aliphatic heterocycles. The monoisotopic (exact) mass is 264 g/mol. The van der Waals surface area contributed by atoms with Crippen LogP contribution in [0.2, 0.25) is 5.02 Å². The molecule has 0 unspecified atom stereocenters. The van der Waals surface area contributed by atoms with E-state index >= 15 is 0 Å². The van der Waals surface area contributed by atoms with Gasteiger partial charge in [-0.05, 0) is 29.3 Å². The zero-order valence-electron chi connectivity index (χ0n) is 8.90. The first-order valence-corrected chi connectivity index (χ1v) is 6.49.